The number of halogens is 1. The van der Waals surface area contributed by atoms with Crippen LogP contribution in [0.2, 0.25) is 0 Å². The van der Waals surface area contributed by atoms with Crippen molar-refractivity contribution < 1.29 is 9.50 Å². The van der Waals surface area contributed by atoms with Crippen molar-refractivity contribution in [3.63, 3.8) is 0 Å². The molecule has 0 aliphatic heterocycles. The number of hydrogen-bond acceptors (Lipinski definition) is 2. The van der Waals surface area contributed by atoms with E-state index in [0.29, 0.717) is 5.56 Å². The summed E-state index contributed by atoms with van der Waals surface area (Å²) >= 11 is 0. The molecule has 1 saturated carbocycles. The van der Waals surface area contributed by atoms with Crippen molar-refractivity contribution >= 4 is 0 Å². The van der Waals surface area contributed by atoms with Gasteiger partial charge in [0.1, 0.15) is 11.6 Å². The van der Waals surface area contributed by atoms with Gasteiger partial charge in [-0.05, 0) is 23.6 Å². The van der Waals surface area contributed by atoms with Crippen molar-refractivity contribution in [1.29, 1.82) is 0 Å². The van der Waals surface area contributed by atoms with Gasteiger partial charge in [-0.2, -0.15) is 0 Å². The molecule has 76 valence electrons. The van der Waals surface area contributed by atoms with Crippen LogP contribution in [0.1, 0.15) is 25.3 Å². The highest BCUT2D eigenvalue weighted by Gasteiger charge is 2.57. The van der Waals surface area contributed by atoms with Crippen LogP contribution < -0.4 is 5.73 Å². The standard InChI is InChI=1S/C11H14FNO/c1-11(2)9(10(11)13)7-5-6(12)3-4-8(7)14/h3-5,9-10,14H,13H2,1-2H3. The molecule has 1 aliphatic rings. The van der Waals surface area contributed by atoms with Crippen LogP contribution in [-0.2, 0) is 0 Å². The lowest BCUT2D eigenvalue weighted by atomic mass is 10.0. The lowest BCUT2D eigenvalue weighted by Crippen LogP contribution is -2.06. The average Bonchev–Trinajstić information content (AvgIpc) is 2.58. The van der Waals surface area contributed by atoms with Crippen LogP contribution in [0.3, 0.4) is 0 Å². The quantitative estimate of drug-likeness (QED) is 0.719. The Morgan fingerprint density at radius 1 is 1.43 bits per heavy atom. The minimum atomic E-state index is -0.326. The predicted octanol–water partition coefficient (Wildman–Crippen LogP) is 1.98. The van der Waals surface area contributed by atoms with E-state index in [4.69, 9.17) is 5.73 Å². The fourth-order valence-electron chi connectivity index (χ4n) is 2.05. The Morgan fingerprint density at radius 3 is 2.50 bits per heavy atom. The minimum absolute atomic E-state index is 0.00944. The molecule has 3 N–H and O–H groups in total. The highest BCUT2D eigenvalue weighted by molar-refractivity contribution is 5.43. The van der Waals surface area contributed by atoms with Gasteiger partial charge in [0.15, 0.2) is 0 Å². The predicted molar refractivity (Wildman–Crippen MR) is 52.6 cm³/mol. The van der Waals surface area contributed by atoms with E-state index < -0.39 is 0 Å². The number of nitrogens with two attached hydrogens (primary N) is 1. The third-order valence-electron chi connectivity index (χ3n) is 3.24. The summed E-state index contributed by atoms with van der Waals surface area (Å²) in [6.07, 6.45) is 0. The SMILES string of the molecule is CC1(C)C(N)C1c1cc(F)ccc1O. The Bertz CT molecular complexity index is 376. The molecule has 1 aliphatic carbocycles. The number of benzene rings is 1. The Hall–Kier alpha value is -1.09. The van der Waals surface area contributed by atoms with Crippen LogP contribution in [0.4, 0.5) is 4.39 Å². The molecule has 2 unspecified atom stereocenters. The second-order valence-corrected chi connectivity index (χ2v) is 4.53. The maximum absolute atomic E-state index is 13.0. The molecule has 2 atom stereocenters. The van der Waals surface area contributed by atoms with Crippen molar-refractivity contribution in [2.24, 2.45) is 11.1 Å². The summed E-state index contributed by atoms with van der Waals surface area (Å²) in [5.74, 6) is -0.122. The molecule has 0 bridgehead atoms. The molecule has 1 aromatic rings. The Labute approximate surface area is 82.5 Å². The molecule has 1 fully saturated rings. The van der Waals surface area contributed by atoms with E-state index in [2.05, 4.69) is 0 Å². The first kappa shape index (κ1) is 9.46. The largest absolute Gasteiger partial charge is 0.508 e. The molecule has 0 aromatic heterocycles. The van der Waals surface area contributed by atoms with Crippen LogP contribution in [0, 0.1) is 11.2 Å². The monoisotopic (exact) mass is 195 g/mol. The van der Waals surface area contributed by atoms with Gasteiger partial charge >= 0.3 is 0 Å². The maximum Gasteiger partial charge on any atom is 0.123 e. The van der Waals surface area contributed by atoms with Crippen molar-refractivity contribution in [1.82, 2.24) is 0 Å². The van der Waals surface area contributed by atoms with Gasteiger partial charge in [0, 0.05) is 17.5 Å². The Morgan fingerprint density at radius 2 is 2.00 bits per heavy atom. The van der Waals surface area contributed by atoms with Crippen LogP contribution in [0.25, 0.3) is 0 Å². The molecule has 0 spiro atoms. The van der Waals surface area contributed by atoms with Gasteiger partial charge in [-0.15, -0.1) is 0 Å². The lowest BCUT2D eigenvalue weighted by Gasteiger charge is -2.05. The lowest BCUT2D eigenvalue weighted by molar-refractivity contribution is 0.461. The zero-order valence-corrected chi connectivity index (χ0v) is 8.29. The summed E-state index contributed by atoms with van der Waals surface area (Å²) in [6.45, 7) is 4.04. The average molecular weight is 195 g/mol. The Balaban J connectivity index is 2.39. The van der Waals surface area contributed by atoms with Gasteiger partial charge in [0.05, 0.1) is 0 Å². The molecule has 14 heavy (non-hydrogen) atoms. The van der Waals surface area contributed by atoms with Crippen LogP contribution in [0.5, 0.6) is 5.75 Å². The van der Waals surface area contributed by atoms with E-state index in [1.165, 1.54) is 18.2 Å². The molecule has 0 radical (unpaired) electrons. The smallest absolute Gasteiger partial charge is 0.123 e. The zero-order chi connectivity index (χ0) is 10.5. The fraction of sp³-hybridized carbons (Fsp3) is 0.455. The van der Waals surface area contributed by atoms with Crippen molar-refractivity contribution in [3.8, 4) is 5.75 Å². The minimum Gasteiger partial charge on any atom is -0.508 e. The van der Waals surface area contributed by atoms with Crippen LogP contribution in [0.15, 0.2) is 18.2 Å². The molecule has 2 nitrogen and oxygen atoms in total. The van der Waals surface area contributed by atoms with Crippen LogP contribution in [-0.4, -0.2) is 11.1 Å². The highest BCUT2D eigenvalue weighted by atomic mass is 19.1. The van der Waals surface area contributed by atoms with Gasteiger partial charge in [0.2, 0.25) is 0 Å². The molecule has 3 heteroatoms. The van der Waals surface area contributed by atoms with E-state index in [0.717, 1.165) is 0 Å². The maximum atomic E-state index is 13.0. The summed E-state index contributed by atoms with van der Waals surface area (Å²) in [4.78, 5) is 0. The van der Waals surface area contributed by atoms with Gasteiger partial charge in [-0.1, -0.05) is 13.8 Å². The summed E-state index contributed by atoms with van der Waals surface area (Å²) in [6, 6.07) is 4.01. The van der Waals surface area contributed by atoms with Gasteiger partial charge in [0.25, 0.3) is 0 Å². The molecule has 1 aromatic carbocycles. The van der Waals surface area contributed by atoms with Crippen molar-refractivity contribution in [3.05, 3.63) is 29.6 Å². The first-order chi connectivity index (χ1) is 6.44. The first-order valence-corrected chi connectivity index (χ1v) is 4.68. The van der Waals surface area contributed by atoms with E-state index >= 15 is 0 Å². The van der Waals surface area contributed by atoms with Gasteiger partial charge in [-0.3, -0.25) is 0 Å². The third kappa shape index (κ3) is 1.20. The summed E-state index contributed by atoms with van der Waals surface area (Å²) < 4.78 is 13.0. The zero-order valence-electron chi connectivity index (χ0n) is 8.29. The topological polar surface area (TPSA) is 46.2 Å². The van der Waals surface area contributed by atoms with Crippen molar-refractivity contribution in [2.75, 3.05) is 0 Å². The number of rotatable bonds is 1. The van der Waals surface area contributed by atoms with E-state index in [-0.39, 0.29) is 28.9 Å². The second-order valence-electron chi connectivity index (χ2n) is 4.53. The summed E-state index contributed by atoms with van der Waals surface area (Å²) in [7, 11) is 0. The Kier molecular flexibility index (Phi) is 1.83. The normalized spacial score (nSPS) is 28.9. The molecular weight excluding hydrogens is 181 g/mol. The van der Waals surface area contributed by atoms with Crippen molar-refractivity contribution in [2.45, 2.75) is 25.8 Å². The molecule has 0 saturated heterocycles. The molecule has 2 rings (SSSR count). The number of phenols is 1. The molecule has 0 heterocycles. The van der Waals surface area contributed by atoms with E-state index in [1.54, 1.807) is 0 Å². The van der Waals surface area contributed by atoms with Gasteiger partial charge < -0.3 is 10.8 Å². The second kappa shape index (κ2) is 2.70. The summed E-state index contributed by atoms with van der Waals surface area (Å²) in [5, 5.41) is 9.57. The van der Waals surface area contributed by atoms with Crippen LogP contribution >= 0.6 is 0 Å². The molecular formula is C11H14FNO. The number of hydrogen-bond donors (Lipinski definition) is 2. The summed E-state index contributed by atoms with van der Waals surface area (Å²) in [5.41, 5.74) is 6.45. The van der Waals surface area contributed by atoms with E-state index in [1.807, 2.05) is 13.8 Å². The number of aromatic hydroxyl groups is 1. The highest BCUT2D eigenvalue weighted by Crippen LogP contribution is 2.58. The van der Waals surface area contributed by atoms with Gasteiger partial charge in [-0.25, -0.2) is 4.39 Å². The molecule has 0 amide bonds. The number of phenolic OH excluding ortho intramolecular Hbond substituents is 1. The first-order valence-electron chi connectivity index (χ1n) is 4.68. The van der Waals surface area contributed by atoms with E-state index in [9.17, 15) is 9.50 Å². The fourth-order valence-corrected chi connectivity index (χ4v) is 2.05. The third-order valence-corrected chi connectivity index (χ3v) is 3.24.